The van der Waals surface area contributed by atoms with Crippen LogP contribution in [0.25, 0.3) is 0 Å². The lowest BCUT2D eigenvalue weighted by Crippen LogP contribution is -2.48. The van der Waals surface area contributed by atoms with Crippen molar-refractivity contribution < 1.29 is 4.79 Å². The Morgan fingerprint density at radius 1 is 1.06 bits per heavy atom. The lowest BCUT2D eigenvalue weighted by Gasteiger charge is -2.41. The number of hydrogen-bond donors (Lipinski definition) is 0. The number of rotatable bonds is 6. The van der Waals surface area contributed by atoms with Crippen LogP contribution in [0.5, 0.6) is 0 Å². The Kier molecular flexibility index (Phi) is 6.17. The third-order valence-corrected chi connectivity index (χ3v) is 9.05. The van der Waals surface area contributed by atoms with Crippen molar-refractivity contribution in [1.29, 1.82) is 0 Å². The number of pyridine rings is 1. The van der Waals surface area contributed by atoms with Gasteiger partial charge in [0.2, 0.25) is 5.91 Å². The van der Waals surface area contributed by atoms with Gasteiger partial charge in [0, 0.05) is 69.0 Å². The van der Waals surface area contributed by atoms with Crippen LogP contribution in [0.3, 0.4) is 0 Å². The molecule has 0 aromatic carbocycles. The number of aryl methyl sites for hydroxylation is 1. The number of carbonyl (C=O) groups is 1. The van der Waals surface area contributed by atoms with Crippen LogP contribution in [0.2, 0.25) is 0 Å². The predicted molar refractivity (Wildman–Crippen MR) is 135 cm³/mol. The second kappa shape index (κ2) is 9.43. The first-order chi connectivity index (χ1) is 16.7. The van der Waals surface area contributed by atoms with Crippen molar-refractivity contribution >= 4 is 5.91 Å². The maximum absolute atomic E-state index is 13.0. The van der Waals surface area contributed by atoms with E-state index in [0.29, 0.717) is 24.4 Å². The Labute approximate surface area is 204 Å². The lowest BCUT2D eigenvalue weighted by molar-refractivity contribution is -0.129. The minimum Gasteiger partial charge on any atom is -0.338 e. The number of fused-ring (bicyclic) bond motifs is 1. The minimum atomic E-state index is -0.0474. The van der Waals surface area contributed by atoms with Gasteiger partial charge in [0.25, 0.3) is 0 Å². The standard InChI is InChI=1S/C29H38N4O/c34-28-21-29-13-2-1-8-24(29)9-6-11-27(29)33(28)16-4-3-15-31-17-19-32(20-18-31)26-10-5-7-23-22-30-14-12-25(23)26/h1-2,8-9,12-14,22,26-27H,3-7,10-11,15-21H2. The molecule has 1 spiro atoms. The molecule has 1 aromatic heterocycles. The lowest BCUT2D eigenvalue weighted by atomic mass is 9.67. The number of allylic oxidation sites excluding steroid dienone is 4. The SMILES string of the molecule is O=C1CC23C=CC=CC2=CCCC3N1CCCCN1CCN(C2CCCc3cnccc32)CC1. The summed E-state index contributed by atoms with van der Waals surface area (Å²) in [6, 6.07) is 3.19. The Morgan fingerprint density at radius 3 is 2.85 bits per heavy atom. The molecular weight excluding hydrogens is 420 g/mol. The first kappa shape index (κ1) is 22.2. The van der Waals surface area contributed by atoms with E-state index in [1.165, 1.54) is 42.4 Å². The molecule has 5 aliphatic rings. The zero-order valence-corrected chi connectivity index (χ0v) is 20.4. The van der Waals surface area contributed by atoms with Gasteiger partial charge >= 0.3 is 0 Å². The van der Waals surface area contributed by atoms with Gasteiger partial charge in [0.15, 0.2) is 0 Å². The van der Waals surface area contributed by atoms with Crippen LogP contribution in [0, 0.1) is 5.41 Å². The maximum atomic E-state index is 13.0. The largest absolute Gasteiger partial charge is 0.338 e. The fraction of sp³-hybridized carbons (Fsp3) is 0.586. The highest BCUT2D eigenvalue weighted by Crippen LogP contribution is 2.51. The molecule has 1 amide bonds. The second-order valence-corrected chi connectivity index (χ2v) is 10.8. The Hall–Kier alpha value is -2.24. The molecule has 0 N–H and O–H groups in total. The summed E-state index contributed by atoms with van der Waals surface area (Å²) in [6.45, 7) is 6.73. The summed E-state index contributed by atoms with van der Waals surface area (Å²) >= 11 is 0. The zero-order valence-electron chi connectivity index (χ0n) is 20.4. The van der Waals surface area contributed by atoms with Crippen LogP contribution in [0.1, 0.15) is 62.1 Å². The first-order valence-electron chi connectivity index (χ1n) is 13.5. The molecule has 3 heterocycles. The number of carbonyl (C=O) groups excluding carboxylic acids is 1. The summed E-state index contributed by atoms with van der Waals surface area (Å²) in [7, 11) is 0. The van der Waals surface area contributed by atoms with Crippen molar-refractivity contribution in [3.05, 3.63) is 65.5 Å². The fourth-order valence-corrected chi connectivity index (χ4v) is 7.28. The Morgan fingerprint density at radius 2 is 1.94 bits per heavy atom. The molecule has 3 unspecified atom stereocenters. The zero-order chi connectivity index (χ0) is 23.0. The van der Waals surface area contributed by atoms with E-state index in [-0.39, 0.29) is 5.41 Å². The highest BCUT2D eigenvalue weighted by molar-refractivity contribution is 5.82. The quantitative estimate of drug-likeness (QED) is 0.596. The van der Waals surface area contributed by atoms with Crippen LogP contribution < -0.4 is 0 Å². The van der Waals surface area contributed by atoms with E-state index in [9.17, 15) is 4.79 Å². The Balaban J connectivity index is 0.975. The van der Waals surface area contributed by atoms with E-state index in [2.05, 4.69) is 62.3 Å². The van der Waals surface area contributed by atoms with E-state index in [1.807, 2.05) is 6.20 Å². The Bertz CT molecular complexity index is 1010. The van der Waals surface area contributed by atoms with Gasteiger partial charge in [-0.15, -0.1) is 0 Å². The molecule has 1 aromatic rings. The van der Waals surface area contributed by atoms with Crippen molar-refractivity contribution in [2.45, 2.75) is 63.5 Å². The molecule has 3 aliphatic carbocycles. The molecule has 0 saturated carbocycles. The number of unbranched alkanes of at least 4 members (excludes halogenated alkanes) is 1. The molecular formula is C29H38N4O. The number of piperazine rings is 1. The molecule has 180 valence electrons. The highest BCUT2D eigenvalue weighted by Gasteiger charge is 2.52. The van der Waals surface area contributed by atoms with E-state index in [4.69, 9.17) is 0 Å². The molecule has 5 heteroatoms. The minimum absolute atomic E-state index is 0.0474. The van der Waals surface area contributed by atoms with Crippen molar-refractivity contribution in [2.24, 2.45) is 5.41 Å². The van der Waals surface area contributed by atoms with Gasteiger partial charge in [0.05, 0.1) is 0 Å². The number of amides is 1. The van der Waals surface area contributed by atoms with Crippen LogP contribution in [-0.4, -0.2) is 70.9 Å². The van der Waals surface area contributed by atoms with Gasteiger partial charge in [-0.25, -0.2) is 0 Å². The second-order valence-electron chi connectivity index (χ2n) is 10.8. The van der Waals surface area contributed by atoms with Crippen molar-refractivity contribution in [3.8, 4) is 0 Å². The van der Waals surface area contributed by atoms with Crippen LogP contribution >= 0.6 is 0 Å². The number of likely N-dealkylation sites (tertiary alicyclic amines) is 1. The summed E-state index contributed by atoms with van der Waals surface area (Å²) in [5.74, 6) is 0.356. The highest BCUT2D eigenvalue weighted by atomic mass is 16.2. The third kappa shape index (κ3) is 3.97. The van der Waals surface area contributed by atoms with Crippen LogP contribution in [0.4, 0.5) is 0 Å². The number of hydrogen-bond acceptors (Lipinski definition) is 4. The van der Waals surface area contributed by atoms with Crippen molar-refractivity contribution in [3.63, 3.8) is 0 Å². The topological polar surface area (TPSA) is 39.7 Å². The third-order valence-electron chi connectivity index (χ3n) is 9.05. The van der Waals surface area contributed by atoms with Gasteiger partial charge in [0.1, 0.15) is 0 Å². The average molecular weight is 459 g/mol. The summed E-state index contributed by atoms with van der Waals surface area (Å²) < 4.78 is 0. The smallest absolute Gasteiger partial charge is 0.224 e. The van der Waals surface area contributed by atoms with Crippen molar-refractivity contribution in [2.75, 3.05) is 39.3 Å². The molecule has 2 saturated heterocycles. The van der Waals surface area contributed by atoms with Crippen LogP contribution in [0.15, 0.2) is 54.4 Å². The van der Waals surface area contributed by atoms with Gasteiger partial charge in [-0.2, -0.15) is 0 Å². The summed E-state index contributed by atoms with van der Waals surface area (Å²) in [4.78, 5) is 24.9. The normalized spacial score (nSPS) is 31.2. The van der Waals surface area contributed by atoms with E-state index < -0.39 is 0 Å². The summed E-state index contributed by atoms with van der Waals surface area (Å²) in [5.41, 5.74) is 4.30. The summed E-state index contributed by atoms with van der Waals surface area (Å²) in [6.07, 6.45) is 24.1. The molecule has 2 aliphatic heterocycles. The predicted octanol–water partition coefficient (Wildman–Crippen LogP) is 4.29. The van der Waals surface area contributed by atoms with E-state index >= 15 is 0 Å². The molecule has 34 heavy (non-hydrogen) atoms. The van der Waals surface area contributed by atoms with E-state index in [0.717, 1.165) is 58.5 Å². The van der Waals surface area contributed by atoms with Gasteiger partial charge in [-0.3, -0.25) is 14.7 Å². The first-order valence-corrected chi connectivity index (χ1v) is 13.5. The molecule has 2 fully saturated rings. The molecule has 0 bridgehead atoms. The van der Waals surface area contributed by atoms with Crippen molar-refractivity contribution in [1.82, 2.24) is 19.7 Å². The maximum Gasteiger partial charge on any atom is 0.224 e. The average Bonchev–Trinajstić information content (AvgIpc) is 3.16. The van der Waals surface area contributed by atoms with Crippen LogP contribution in [-0.2, 0) is 11.2 Å². The molecule has 0 radical (unpaired) electrons. The molecule has 3 atom stereocenters. The monoisotopic (exact) mass is 458 g/mol. The van der Waals surface area contributed by atoms with Gasteiger partial charge in [-0.1, -0.05) is 30.4 Å². The van der Waals surface area contributed by atoms with Gasteiger partial charge < -0.3 is 9.80 Å². The number of nitrogens with zero attached hydrogens (tertiary/aromatic N) is 4. The number of aromatic nitrogens is 1. The molecule has 5 nitrogen and oxygen atoms in total. The summed E-state index contributed by atoms with van der Waals surface area (Å²) in [5, 5.41) is 0. The van der Waals surface area contributed by atoms with Gasteiger partial charge in [-0.05, 0) is 74.3 Å². The molecule has 6 rings (SSSR count). The van der Waals surface area contributed by atoms with E-state index in [1.54, 1.807) is 0 Å². The fourth-order valence-electron chi connectivity index (χ4n) is 7.28.